The highest BCUT2D eigenvalue weighted by atomic mass is 19.1. The zero-order valence-electron chi connectivity index (χ0n) is 15.9. The SMILES string of the molecule is CN1CC=C(c2noc(CCC(=O)Nc3cc(-c4cccc(F)c4)no3)n2)CC1. The normalized spacial score (nSPS) is 14.6. The average molecular weight is 397 g/mol. The van der Waals surface area contributed by atoms with Gasteiger partial charge in [0.25, 0.3) is 0 Å². The monoisotopic (exact) mass is 397 g/mol. The molecule has 0 atom stereocenters. The number of likely N-dealkylation sites (N-methyl/N-ethyl adjacent to an activating group) is 1. The molecule has 9 heteroatoms. The van der Waals surface area contributed by atoms with Gasteiger partial charge in [0, 0.05) is 37.6 Å². The lowest BCUT2D eigenvalue weighted by molar-refractivity contribution is -0.116. The molecule has 1 N–H and O–H groups in total. The molecule has 1 aliphatic heterocycles. The minimum atomic E-state index is -0.369. The Bertz CT molecular complexity index is 1040. The van der Waals surface area contributed by atoms with Gasteiger partial charge >= 0.3 is 0 Å². The molecule has 3 heterocycles. The molecule has 0 spiro atoms. The number of rotatable bonds is 6. The van der Waals surface area contributed by atoms with Crippen molar-refractivity contribution in [1.82, 2.24) is 20.2 Å². The van der Waals surface area contributed by atoms with E-state index in [0.717, 1.165) is 25.1 Å². The van der Waals surface area contributed by atoms with Gasteiger partial charge in [-0.1, -0.05) is 28.5 Å². The molecule has 0 saturated carbocycles. The lowest BCUT2D eigenvalue weighted by atomic mass is 10.1. The molecule has 2 aromatic heterocycles. The number of hydrogen-bond donors (Lipinski definition) is 1. The lowest BCUT2D eigenvalue weighted by Gasteiger charge is -2.19. The van der Waals surface area contributed by atoms with Crippen LogP contribution < -0.4 is 5.32 Å². The van der Waals surface area contributed by atoms with Crippen LogP contribution in [0.15, 0.2) is 45.5 Å². The van der Waals surface area contributed by atoms with Gasteiger partial charge in [-0.3, -0.25) is 10.1 Å². The Kier molecular flexibility index (Phi) is 5.48. The molecule has 0 saturated heterocycles. The predicted molar refractivity (Wildman–Crippen MR) is 103 cm³/mol. The Labute approximate surface area is 166 Å². The Morgan fingerprint density at radius 3 is 2.97 bits per heavy atom. The van der Waals surface area contributed by atoms with Gasteiger partial charge in [0.05, 0.1) is 0 Å². The van der Waals surface area contributed by atoms with Gasteiger partial charge in [0.2, 0.25) is 17.7 Å². The van der Waals surface area contributed by atoms with Crippen molar-refractivity contribution in [2.75, 3.05) is 25.5 Å². The molecule has 1 amide bonds. The van der Waals surface area contributed by atoms with E-state index >= 15 is 0 Å². The molecule has 0 unspecified atom stereocenters. The predicted octanol–water partition coefficient (Wildman–Crippen LogP) is 3.15. The van der Waals surface area contributed by atoms with Gasteiger partial charge in [0.15, 0.2) is 5.82 Å². The number of halogens is 1. The number of anilines is 1. The summed E-state index contributed by atoms with van der Waals surface area (Å²) in [6, 6.07) is 7.52. The second-order valence-electron chi connectivity index (χ2n) is 6.89. The van der Waals surface area contributed by atoms with Crippen molar-refractivity contribution in [1.29, 1.82) is 0 Å². The van der Waals surface area contributed by atoms with E-state index in [0.29, 0.717) is 29.4 Å². The molecule has 0 fully saturated rings. The fraction of sp³-hybridized carbons (Fsp3) is 0.300. The van der Waals surface area contributed by atoms with Crippen molar-refractivity contribution in [2.24, 2.45) is 0 Å². The summed E-state index contributed by atoms with van der Waals surface area (Å²) in [5, 5.41) is 10.5. The number of nitrogens with one attached hydrogen (secondary N) is 1. The van der Waals surface area contributed by atoms with Crippen LogP contribution in [0.2, 0.25) is 0 Å². The standard InChI is InChI=1S/C20H20FN5O3/c1-26-9-7-13(8-10-26)20-23-18(28-25-20)6-5-17(27)22-19-12-16(24-29-19)14-3-2-4-15(21)11-14/h2-4,7,11-12H,5-6,8-10H2,1H3,(H,22,27). The molecule has 8 nitrogen and oxygen atoms in total. The summed E-state index contributed by atoms with van der Waals surface area (Å²) >= 11 is 0. The summed E-state index contributed by atoms with van der Waals surface area (Å²) in [6.45, 7) is 1.81. The van der Waals surface area contributed by atoms with Gasteiger partial charge in [-0.2, -0.15) is 4.98 Å². The second-order valence-corrected chi connectivity index (χ2v) is 6.89. The van der Waals surface area contributed by atoms with Crippen LogP contribution in [0, 0.1) is 5.82 Å². The molecule has 1 aliphatic rings. The smallest absolute Gasteiger partial charge is 0.231 e. The first-order valence-corrected chi connectivity index (χ1v) is 9.30. The first kappa shape index (κ1) is 19.0. The van der Waals surface area contributed by atoms with Crippen LogP contribution in [0.25, 0.3) is 16.8 Å². The molecule has 1 aromatic carbocycles. The molecule has 0 bridgehead atoms. The highest BCUT2D eigenvalue weighted by Crippen LogP contribution is 2.23. The zero-order chi connectivity index (χ0) is 20.2. The molecule has 4 rings (SSSR count). The quantitative estimate of drug-likeness (QED) is 0.682. The van der Waals surface area contributed by atoms with Gasteiger partial charge in [0.1, 0.15) is 11.5 Å². The first-order valence-electron chi connectivity index (χ1n) is 9.30. The summed E-state index contributed by atoms with van der Waals surface area (Å²) in [6.07, 6.45) is 3.43. The van der Waals surface area contributed by atoms with E-state index in [1.165, 1.54) is 12.1 Å². The molecular weight excluding hydrogens is 377 g/mol. The number of carbonyl (C=O) groups is 1. The van der Waals surface area contributed by atoms with Crippen LogP contribution in [-0.2, 0) is 11.2 Å². The number of amides is 1. The highest BCUT2D eigenvalue weighted by Gasteiger charge is 2.16. The molecule has 150 valence electrons. The number of aryl methyl sites for hydroxylation is 1. The minimum Gasteiger partial charge on any atom is -0.339 e. The van der Waals surface area contributed by atoms with E-state index in [9.17, 15) is 9.18 Å². The maximum Gasteiger partial charge on any atom is 0.231 e. The van der Waals surface area contributed by atoms with Crippen molar-refractivity contribution in [3.63, 3.8) is 0 Å². The maximum absolute atomic E-state index is 13.3. The van der Waals surface area contributed by atoms with Gasteiger partial charge < -0.3 is 13.9 Å². The van der Waals surface area contributed by atoms with Crippen LogP contribution in [0.5, 0.6) is 0 Å². The maximum atomic E-state index is 13.3. The summed E-state index contributed by atoms with van der Waals surface area (Å²) in [4.78, 5) is 18.7. The Balaban J connectivity index is 1.31. The van der Waals surface area contributed by atoms with Crippen molar-refractivity contribution >= 4 is 17.4 Å². The third-order valence-electron chi connectivity index (χ3n) is 4.63. The lowest BCUT2D eigenvalue weighted by Crippen LogP contribution is -2.23. The van der Waals surface area contributed by atoms with Crippen LogP contribution in [-0.4, -0.2) is 46.2 Å². The van der Waals surface area contributed by atoms with Gasteiger partial charge in [-0.15, -0.1) is 0 Å². The molecule has 0 aliphatic carbocycles. The van der Waals surface area contributed by atoms with E-state index in [4.69, 9.17) is 9.05 Å². The minimum absolute atomic E-state index is 0.152. The summed E-state index contributed by atoms with van der Waals surface area (Å²) < 4.78 is 23.7. The second kappa shape index (κ2) is 8.36. The number of benzene rings is 1. The van der Waals surface area contributed by atoms with Crippen LogP contribution in [0.1, 0.15) is 24.6 Å². The van der Waals surface area contributed by atoms with E-state index in [1.54, 1.807) is 18.2 Å². The average Bonchev–Trinajstić information content (AvgIpc) is 3.37. The number of aromatic nitrogens is 3. The topological polar surface area (TPSA) is 97.3 Å². The fourth-order valence-electron chi connectivity index (χ4n) is 3.00. The van der Waals surface area contributed by atoms with Gasteiger partial charge in [-0.25, -0.2) is 4.39 Å². The van der Waals surface area contributed by atoms with Crippen molar-refractivity contribution in [3.05, 3.63) is 53.9 Å². The number of hydrogen-bond acceptors (Lipinski definition) is 7. The largest absolute Gasteiger partial charge is 0.339 e. The van der Waals surface area contributed by atoms with E-state index in [1.807, 2.05) is 0 Å². The summed E-state index contributed by atoms with van der Waals surface area (Å²) in [7, 11) is 2.06. The molecular formula is C20H20FN5O3. The van der Waals surface area contributed by atoms with Gasteiger partial charge in [-0.05, 0) is 31.2 Å². The third-order valence-corrected chi connectivity index (χ3v) is 4.63. The van der Waals surface area contributed by atoms with Crippen molar-refractivity contribution < 1.29 is 18.2 Å². The summed E-state index contributed by atoms with van der Waals surface area (Å²) in [5.41, 5.74) is 2.07. The fourth-order valence-corrected chi connectivity index (χ4v) is 3.00. The van der Waals surface area contributed by atoms with E-state index < -0.39 is 0 Å². The number of nitrogens with zero attached hydrogens (tertiary/aromatic N) is 4. The molecule has 3 aromatic rings. The van der Waals surface area contributed by atoms with E-state index in [2.05, 4.69) is 38.6 Å². The van der Waals surface area contributed by atoms with Crippen LogP contribution in [0.4, 0.5) is 10.3 Å². The van der Waals surface area contributed by atoms with E-state index in [-0.39, 0.29) is 24.0 Å². The van der Waals surface area contributed by atoms with Crippen molar-refractivity contribution in [3.8, 4) is 11.3 Å². The Hall–Kier alpha value is -3.33. The Morgan fingerprint density at radius 2 is 2.17 bits per heavy atom. The van der Waals surface area contributed by atoms with Crippen LogP contribution in [0.3, 0.4) is 0 Å². The third kappa shape index (κ3) is 4.75. The number of carbonyl (C=O) groups excluding carboxylic acids is 1. The Morgan fingerprint density at radius 1 is 1.28 bits per heavy atom. The van der Waals surface area contributed by atoms with Crippen molar-refractivity contribution in [2.45, 2.75) is 19.3 Å². The van der Waals surface area contributed by atoms with Crippen LogP contribution >= 0.6 is 0 Å². The highest BCUT2D eigenvalue weighted by molar-refractivity contribution is 5.89. The molecule has 0 radical (unpaired) electrons. The zero-order valence-corrected chi connectivity index (χ0v) is 15.9. The summed E-state index contributed by atoms with van der Waals surface area (Å²) in [5.74, 6) is 0.546. The molecule has 29 heavy (non-hydrogen) atoms. The first-order chi connectivity index (χ1) is 14.1.